The third-order valence-electron chi connectivity index (χ3n) is 6.97. The highest BCUT2D eigenvalue weighted by molar-refractivity contribution is 5.94. The summed E-state index contributed by atoms with van der Waals surface area (Å²) in [7, 11) is 1.54. The fraction of sp³-hybridized carbons (Fsp3) is 0.156. The largest absolute Gasteiger partial charge is 0.495 e. The Hall–Kier alpha value is -5.31. The molecule has 0 saturated carbocycles. The van der Waals surface area contributed by atoms with E-state index in [1.165, 1.54) is 35.9 Å². The van der Waals surface area contributed by atoms with Gasteiger partial charge < -0.3 is 9.64 Å². The molecule has 206 valence electrons. The number of benzene rings is 4. The fourth-order valence-corrected chi connectivity index (χ4v) is 4.96. The van der Waals surface area contributed by atoms with Crippen LogP contribution in [0.2, 0.25) is 0 Å². The molecule has 0 N–H and O–H groups in total. The lowest BCUT2D eigenvalue weighted by Gasteiger charge is -2.33. The van der Waals surface area contributed by atoms with Crippen LogP contribution in [0, 0.1) is 10.1 Å². The van der Waals surface area contributed by atoms with Crippen molar-refractivity contribution in [3.8, 4) is 11.4 Å². The highest BCUT2D eigenvalue weighted by Crippen LogP contribution is 2.31. The third kappa shape index (κ3) is 5.42. The van der Waals surface area contributed by atoms with Crippen LogP contribution in [0.3, 0.4) is 0 Å². The fourth-order valence-electron chi connectivity index (χ4n) is 4.96. The predicted octanol–water partition coefficient (Wildman–Crippen LogP) is 6.10. The normalized spacial score (nSPS) is 11.7. The van der Waals surface area contributed by atoms with Gasteiger partial charge in [0, 0.05) is 24.2 Å². The molecule has 0 radical (unpaired) electrons. The summed E-state index contributed by atoms with van der Waals surface area (Å²) in [6, 6.07) is 28.7. The molecule has 9 heteroatoms. The smallest absolute Gasteiger partial charge is 0.269 e. The van der Waals surface area contributed by atoms with Gasteiger partial charge in [-0.2, -0.15) is 0 Å². The number of methoxy groups -OCH3 is 1. The van der Waals surface area contributed by atoms with Gasteiger partial charge in [0.25, 0.3) is 17.2 Å². The van der Waals surface area contributed by atoms with E-state index in [1.54, 1.807) is 35.2 Å². The SMILES string of the molecule is CCC(c1nc2ccccc2c(=O)n1-c1ccccc1OC)N(Cc1ccccc1)C(=O)c1ccc([N+](=O)[O-])cc1. The molecule has 41 heavy (non-hydrogen) atoms. The van der Waals surface area contributed by atoms with Gasteiger partial charge in [-0.1, -0.05) is 61.5 Å². The van der Waals surface area contributed by atoms with Crippen LogP contribution in [0.15, 0.2) is 108 Å². The first-order chi connectivity index (χ1) is 19.9. The van der Waals surface area contributed by atoms with Crippen LogP contribution in [0.25, 0.3) is 16.6 Å². The molecule has 0 aliphatic rings. The van der Waals surface area contributed by atoms with Crippen molar-refractivity contribution >= 4 is 22.5 Å². The number of nitrogens with zero attached hydrogens (tertiary/aromatic N) is 4. The van der Waals surface area contributed by atoms with E-state index in [-0.39, 0.29) is 29.3 Å². The molecule has 0 bridgehead atoms. The van der Waals surface area contributed by atoms with Crippen LogP contribution in [-0.2, 0) is 6.54 Å². The second kappa shape index (κ2) is 11.8. The first-order valence-electron chi connectivity index (χ1n) is 13.2. The van der Waals surface area contributed by atoms with Crippen LogP contribution in [0.1, 0.15) is 41.1 Å². The maximum atomic E-state index is 14.1. The minimum absolute atomic E-state index is 0.107. The molecule has 1 amide bonds. The van der Waals surface area contributed by atoms with Crippen LogP contribution in [0.4, 0.5) is 5.69 Å². The minimum Gasteiger partial charge on any atom is -0.495 e. The zero-order valence-electron chi connectivity index (χ0n) is 22.6. The lowest BCUT2D eigenvalue weighted by Crippen LogP contribution is -2.38. The summed E-state index contributed by atoms with van der Waals surface area (Å²) in [5.74, 6) is 0.524. The van der Waals surface area contributed by atoms with Gasteiger partial charge in [-0.25, -0.2) is 4.98 Å². The van der Waals surface area contributed by atoms with Gasteiger partial charge in [0.15, 0.2) is 0 Å². The highest BCUT2D eigenvalue weighted by Gasteiger charge is 2.31. The first kappa shape index (κ1) is 27.3. The molecular weight excluding hydrogens is 520 g/mol. The van der Waals surface area contributed by atoms with Gasteiger partial charge in [0.05, 0.1) is 34.7 Å². The first-order valence-corrected chi connectivity index (χ1v) is 13.2. The van der Waals surface area contributed by atoms with Gasteiger partial charge in [0.1, 0.15) is 11.6 Å². The van der Waals surface area contributed by atoms with E-state index in [0.29, 0.717) is 34.6 Å². The van der Waals surface area contributed by atoms with E-state index >= 15 is 0 Å². The molecule has 0 saturated heterocycles. The lowest BCUT2D eigenvalue weighted by molar-refractivity contribution is -0.384. The maximum absolute atomic E-state index is 14.1. The Bertz CT molecular complexity index is 1770. The summed E-state index contributed by atoms with van der Waals surface area (Å²) in [5, 5.41) is 11.7. The number of ether oxygens (including phenoxy) is 1. The van der Waals surface area contributed by atoms with Crippen molar-refractivity contribution in [1.82, 2.24) is 14.5 Å². The van der Waals surface area contributed by atoms with E-state index < -0.39 is 11.0 Å². The Morgan fingerprint density at radius 3 is 2.29 bits per heavy atom. The molecule has 5 rings (SSSR count). The molecule has 0 aliphatic carbocycles. The van der Waals surface area contributed by atoms with E-state index in [0.717, 1.165) is 5.56 Å². The molecule has 1 unspecified atom stereocenters. The summed E-state index contributed by atoms with van der Waals surface area (Å²) >= 11 is 0. The number of hydrogen-bond donors (Lipinski definition) is 0. The van der Waals surface area contributed by atoms with Crippen molar-refractivity contribution in [1.29, 1.82) is 0 Å². The van der Waals surface area contributed by atoms with Crippen molar-refractivity contribution in [2.24, 2.45) is 0 Å². The molecule has 4 aromatic carbocycles. The van der Waals surface area contributed by atoms with Crippen LogP contribution >= 0.6 is 0 Å². The second-order valence-corrected chi connectivity index (χ2v) is 9.45. The van der Waals surface area contributed by atoms with Crippen molar-refractivity contribution in [3.63, 3.8) is 0 Å². The Balaban J connectivity index is 1.73. The number of fused-ring (bicyclic) bond motifs is 1. The number of nitro benzene ring substituents is 1. The molecule has 1 heterocycles. The summed E-state index contributed by atoms with van der Waals surface area (Å²) in [6.45, 7) is 2.16. The number of amides is 1. The van der Waals surface area contributed by atoms with Gasteiger partial charge in [-0.05, 0) is 48.4 Å². The van der Waals surface area contributed by atoms with Crippen LogP contribution in [-0.4, -0.2) is 32.4 Å². The summed E-state index contributed by atoms with van der Waals surface area (Å²) in [5.41, 5.74) is 1.80. The van der Waals surface area contributed by atoms with Crippen LogP contribution in [0.5, 0.6) is 5.75 Å². The quantitative estimate of drug-likeness (QED) is 0.163. The van der Waals surface area contributed by atoms with E-state index in [4.69, 9.17) is 9.72 Å². The molecule has 1 atom stereocenters. The molecule has 1 aromatic heterocycles. The molecular formula is C32H28N4O5. The number of carbonyl (C=O) groups is 1. The number of aromatic nitrogens is 2. The predicted molar refractivity (Wildman–Crippen MR) is 156 cm³/mol. The number of carbonyl (C=O) groups excluding carboxylic acids is 1. The number of nitro groups is 1. The molecule has 9 nitrogen and oxygen atoms in total. The monoisotopic (exact) mass is 548 g/mol. The zero-order valence-corrected chi connectivity index (χ0v) is 22.6. The summed E-state index contributed by atoms with van der Waals surface area (Å²) in [6.07, 6.45) is 0.436. The highest BCUT2D eigenvalue weighted by atomic mass is 16.6. The molecule has 0 spiro atoms. The average molecular weight is 549 g/mol. The molecule has 0 fully saturated rings. The number of non-ortho nitro benzene ring substituents is 1. The van der Waals surface area contributed by atoms with E-state index in [2.05, 4.69) is 0 Å². The Morgan fingerprint density at radius 1 is 0.951 bits per heavy atom. The lowest BCUT2D eigenvalue weighted by atomic mass is 10.1. The molecule has 0 aliphatic heterocycles. The van der Waals surface area contributed by atoms with Gasteiger partial charge >= 0.3 is 0 Å². The zero-order chi connectivity index (χ0) is 28.9. The Morgan fingerprint density at radius 2 is 1.61 bits per heavy atom. The summed E-state index contributed by atoms with van der Waals surface area (Å²) in [4.78, 5) is 45.5. The van der Waals surface area contributed by atoms with Crippen molar-refractivity contribution in [3.05, 3.63) is 141 Å². The molecule has 5 aromatic rings. The average Bonchev–Trinajstić information content (AvgIpc) is 3.01. The Kier molecular flexibility index (Phi) is 7.87. The van der Waals surface area contributed by atoms with E-state index in [9.17, 15) is 19.7 Å². The van der Waals surface area contributed by atoms with E-state index in [1.807, 2.05) is 55.5 Å². The third-order valence-corrected chi connectivity index (χ3v) is 6.97. The number of para-hydroxylation sites is 3. The second-order valence-electron chi connectivity index (χ2n) is 9.45. The minimum atomic E-state index is -0.639. The number of rotatable bonds is 9. The summed E-state index contributed by atoms with van der Waals surface area (Å²) < 4.78 is 7.14. The van der Waals surface area contributed by atoms with Gasteiger partial charge in [-0.3, -0.25) is 24.3 Å². The van der Waals surface area contributed by atoms with Gasteiger partial charge in [0.2, 0.25) is 0 Å². The van der Waals surface area contributed by atoms with Crippen LogP contribution < -0.4 is 10.3 Å². The standard InChI is InChI=1S/C32H28N4O5/c1-3-27(34(21-22-11-5-4-6-12-22)31(37)23-17-19-24(20-18-23)36(39)40)30-33-26-14-8-7-13-25(26)32(38)35(30)28-15-9-10-16-29(28)41-2/h4-20,27H,3,21H2,1-2H3. The van der Waals surface area contributed by atoms with Crippen molar-refractivity contribution in [2.75, 3.05) is 7.11 Å². The topological polar surface area (TPSA) is 108 Å². The maximum Gasteiger partial charge on any atom is 0.269 e. The Labute approximate surface area is 236 Å². The van der Waals surface area contributed by atoms with Gasteiger partial charge in [-0.15, -0.1) is 0 Å². The van der Waals surface area contributed by atoms with Crippen molar-refractivity contribution in [2.45, 2.75) is 25.9 Å². The van der Waals surface area contributed by atoms with Crippen molar-refractivity contribution < 1.29 is 14.5 Å². The number of hydrogen-bond acceptors (Lipinski definition) is 6.